The summed E-state index contributed by atoms with van der Waals surface area (Å²) in [5, 5.41) is 11.0. The second-order valence-electron chi connectivity index (χ2n) is 6.43. The SMILES string of the molecule is COc1cccc(F)c1C(C)(O)C1CCC(C)C(C)C1. The number of ether oxygens (including phenoxy) is 1. The van der Waals surface area contributed by atoms with Gasteiger partial charge in [0.2, 0.25) is 0 Å². The molecule has 3 heteroatoms. The highest BCUT2D eigenvalue weighted by atomic mass is 19.1. The smallest absolute Gasteiger partial charge is 0.133 e. The standard InChI is InChI=1S/C17H25FO2/c1-11-8-9-13(10-12(11)2)17(3,19)16-14(18)6-5-7-15(16)20-4/h5-7,11-13,19H,8-10H2,1-4H3. The van der Waals surface area contributed by atoms with Crippen molar-refractivity contribution in [3.05, 3.63) is 29.6 Å². The first-order chi connectivity index (χ1) is 9.37. The van der Waals surface area contributed by atoms with Crippen LogP contribution in [0.3, 0.4) is 0 Å². The highest BCUT2D eigenvalue weighted by molar-refractivity contribution is 5.39. The van der Waals surface area contributed by atoms with E-state index < -0.39 is 5.60 Å². The van der Waals surface area contributed by atoms with Gasteiger partial charge in [-0.15, -0.1) is 0 Å². The van der Waals surface area contributed by atoms with Crippen molar-refractivity contribution in [3.63, 3.8) is 0 Å². The van der Waals surface area contributed by atoms with Crippen LogP contribution in [-0.2, 0) is 5.60 Å². The number of halogens is 1. The van der Waals surface area contributed by atoms with Gasteiger partial charge in [-0.1, -0.05) is 26.3 Å². The van der Waals surface area contributed by atoms with E-state index >= 15 is 0 Å². The molecule has 4 unspecified atom stereocenters. The van der Waals surface area contributed by atoms with Crippen molar-refractivity contribution in [2.24, 2.45) is 17.8 Å². The zero-order valence-electron chi connectivity index (χ0n) is 12.8. The molecule has 112 valence electrons. The first kappa shape index (κ1) is 15.3. The topological polar surface area (TPSA) is 29.5 Å². The van der Waals surface area contributed by atoms with E-state index in [1.165, 1.54) is 13.2 Å². The molecule has 1 saturated carbocycles. The average Bonchev–Trinajstić information content (AvgIpc) is 2.41. The monoisotopic (exact) mass is 280 g/mol. The molecule has 1 aliphatic carbocycles. The summed E-state index contributed by atoms with van der Waals surface area (Å²) in [6, 6.07) is 4.71. The third-order valence-corrected chi connectivity index (χ3v) is 5.09. The minimum atomic E-state index is -1.19. The van der Waals surface area contributed by atoms with Crippen LogP contribution in [0.5, 0.6) is 5.75 Å². The van der Waals surface area contributed by atoms with Gasteiger partial charge >= 0.3 is 0 Å². The Kier molecular flexibility index (Phi) is 4.38. The first-order valence-electron chi connectivity index (χ1n) is 7.43. The zero-order valence-corrected chi connectivity index (χ0v) is 12.8. The Labute approximate surface area is 121 Å². The van der Waals surface area contributed by atoms with Gasteiger partial charge in [-0.05, 0) is 49.7 Å². The van der Waals surface area contributed by atoms with Crippen molar-refractivity contribution >= 4 is 0 Å². The van der Waals surface area contributed by atoms with Gasteiger partial charge < -0.3 is 9.84 Å². The van der Waals surface area contributed by atoms with Crippen LogP contribution in [0.1, 0.15) is 45.6 Å². The Bertz CT molecular complexity index is 470. The summed E-state index contributed by atoms with van der Waals surface area (Å²) < 4.78 is 19.5. The van der Waals surface area contributed by atoms with E-state index in [2.05, 4.69) is 13.8 Å². The minimum Gasteiger partial charge on any atom is -0.496 e. The molecule has 0 radical (unpaired) electrons. The van der Waals surface area contributed by atoms with Gasteiger partial charge in [0.1, 0.15) is 11.6 Å². The van der Waals surface area contributed by atoms with Crippen LogP contribution in [0.4, 0.5) is 4.39 Å². The Morgan fingerprint density at radius 2 is 1.95 bits per heavy atom. The third kappa shape index (κ3) is 2.69. The summed E-state index contributed by atoms with van der Waals surface area (Å²) in [7, 11) is 1.51. The van der Waals surface area contributed by atoms with Gasteiger partial charge in [-0.25, -0.2) is 4.39 Å². The Morgan fingerprint density at radius 1 is 1.25 bits per heavy atom. The molecule has 1 aliphatic rings. The molecule has 1 N–H and O–H groups in total. The van der Waals surface area contributed by atoms with Crippen LogP contribution in [0.2, 0.25) is 0 Å². The second-order valence-corrected chi connectivity index (χ2v) is 6.43. The molecular formula is C17H25FO2. The molecule has 2 nitrogen and oxygen atoms in total. The summed E-state index contributed by atoms with van der Waals surface area (Å²) in [4.78, 5) is 0. The van der Waals surface area contributed by atoms with E-state index in [1.807, 2.05) is 0 Å². The van der Waals surface area contributed by atoms with Crippen molar-refractivity contribution in [3.8, 4) is 5.75 Å². The molecule has 1 fully saturated rings. The normalized spacial score (nSPS) is 29.8. The van der Waals surface area contributed by atoms with Crippen molar-refractivity contribution < 1.29 is 14.2 Å². The Hall–Kier alpha value is -1.09. The van der Waals surface area contributed by atoms with E-state index in [9.17, 15) is 9.50 Å². The molecule has 0 aliphatic heterocycles. The van der Waals surface area contributed by atoms with Gasteiger partial charge in [0.15, 0.2) is 0 Å². The number of aliphatic hydroxyl groups is 1. The summed E-state index contributed by atoms with van der Waals surface area (Å²) in [5.41, 5.74) is -0.889. The maximum absolute atomic E-state index is 14.2. The zero-order chi connectivity index (χ0) is 14.9. The van der Waals surface area contributed by atoms with E-state index in [-0.39, 0.29) is 11.7 Å². The van der Waals surface area contributed by atoms with Crippen molar-refractivity contribution in [2.75, 3.05) is 7.11 Å². The van der Waals surface area contributed by atoms with E-state index in [4.69, 9.17) is 4.74 Å². The fraction of sp³-hybridized carbons (Fsp3) is 0.647. The van der Waals surface area contributed by atoms with Crippen LogP contribution in [0.15, 0.2) is 18.2 Å². The molecule has 1 aromatic carbocycles. The molecule has 2 rings (SSSR count). The number of hydrogen-bond acceptors (Lipinski definition) is 2. The maximum Gasteiger partial charge on any atom is 0.133 e. The lowest BCUT2D eigenvalue weighted by molar-refractivity contribution is -0.0411. The fourth-order valence-corrected chi connectivity index (χ4v) is 3.43. The van der Waals surface area contributed by atoms with Gasteiger partial charge in [0.05, 0.1) is 18.3 Å². The van der Waals surface area contributed by atoms with Crippen LogP contribution in [0, 0.1) is 23.6 Å². The molecule has 0 spiro atoms. The number of methoxy groups -OCH3 is 1. The minimum absolute atomic E-state index is 0.0690. The summed E-state index contributed by atoms with van der Waals surface area (Å²) in [6.07, 6.45) is 2.93. The molecule has 0 amide bonds. The molecule has 0 bridgehead atoms. The van der Waals surface area contributed by atoms with E-state index in [1.54, 1.807) is 19.1 Å². The molecule has 0 saturated heterocycles. The lowest BCUT2D eigenvalue weighted by Gasteiger charge is -2.41. The number of rotatable bonds is 3. The molecule has 4 atom stereocenters. The lowest BCUT2D eigenvalue weighted by atomic mass is 9.68. The molecule has 1 aromatic rings. The quantitative estimate of drug-likeness (QED) is 0.902. The fourth-order valence-electron chi connectivity index (χ4n) is 3.43. The van der Waals surface area contributed by atoms with E-state index in [0.29, 0.717) is 23.1 Å². The molecular weight excluding hydrogens is 255 g/mol. The molecule has 0 heterocycles. The second kappa shape index (κ2) is 5.72. The van der Waals surface area contributed by atoms with Gasteiger partial charge in [-0.3, -0.25) is 0 Å². The van der Waals surface area contributed by atoms with Crippen LogP contribution in [0.25, 0.3) is 0 Å². The first-order valence-corrected chi connectivity index (χ1v) is 7.43. The summed E-state index contributed by atoms with van der Waals surface area (Å²) >= 11 is 0. The van der Waals surface area contributed by atoms with Crippen LogP contribution in [-0.4, -0.2) is 12.2 Å². The van der Waals surface area contributed by atoms with Gasteiger partial charge in [0.25, 0.3) is 0 Å². The van der Waals surface area contributed by atoms with Crippen LogP contribution < -0.4 is 4.74 Å². The number of benzene rings is 1. The van der Waals surface area contributed by atoms with Crippen LogP contribution >= 0.6 is 0 Å². The third-order valence-electron chi connectivity index (χ3n) is 5.09. The maximum atomic E-state index is 14.2. The molecule has 0 aromatic heterocycles. The Morgan fingerprint density at radius 3 is 2.55 bits per heavy atom. The summed E-state index contributed by atoms with van der Waals surface area (Å²) in [5.74, 6) is 1.34. The van der Waals surface area contributed by atoms with Crippen molar-refractivity contribution in [1.82, 2.24) is 0 Å². The number of hydrogen-bond donors (Lipinski definition) is 1. The van der Waals surface area contributed by atoms with Crippen molar-refractivity contribution in [1.29, 1.82) is 0 Å². The Balaban J connectivity index is 2.35. The predicted octanol–water partition coefficient (Wildman–Crippen LogP) is 4.11. The predicted molar refractivity (Wildman–Crippen MR) is 78.2 cm³/mol. The van der Waals surface area contributed by atoms with Gasteiger partial charge in [0, 0.05) is 0 Å². The largest absolute Gasteiger partial charge is 0.496 e. The highest BCUT2D eigenvalue weighted by Gasteiger charge is 2.41. The van der Waals surface area contributed by atoms with Crippen molar-refractivity contribution in [2.45, 2.75) is 45.6 Å². The highest BCUT2D eigenvalue weighted by Crippen LogP contribution is 2.46. The lowest BCUT2D eigenvalue weighted by Crippen LogP contribution is -2.38. The molecule has 20 heavy (non-hydrogen) atoms. The van der Waals surface area contributed by atoms with Gasteiger partial charge in [-0.2, -0.15) is 0 Å². The average molecular weight is 280 g/mol. The van der Waals surface area contributed by atoms with E-state index in [0.717, 1.165) is 19.3 Å². The summed E-state index contributed by atoms with van der Waals surface area (Å²) in [6.45, 7) is 6.19.